The summed E-state index contributed by atoms with van der Waals surface area (Å²) in [4.78, 5) is 27.2. The molecule has 264 valence electrons. The minimum absolute atomic E-state index is 0.201. The van der Waals surface area contributed by atoms with Gasteiger partial charge in [0.05, 0.1) is 29.8 Å². The molecule has 0 aromatic carbocycles. The fourth-order valence-corrected chi connectivity index (χ4v) is 7.45. The van der Waals surface area contributed by atoms with E-state index in [4.69, 9.17) is 23.7 Å². The third-order valence-corrected chi connectivity index (χ3v) is 10.8. The maximum absolute atomic E-state index is 13.8. The number of ether oxygens (including phenoxy) is 5. The number of methoxy groups -OCH3 is 2. The molecule has 0 aromatic rings. The predicted molar refractivity (Wildman–Crippen MR) is 170 cm³/mol. The summed E-state index contributed by atoms with van der Waals surface area (Å²) in [6.45, 7) is 18.9. The van der Waals surface area contributed by atoms with Crippen LogP contribution in [0.5, 0.6) is 0 Å². The van der Waals surface area contributed by atoms with Crippen LogP contribution in [0.25, 0.3) is 0 Å². The number of cyclic esters (lactones) is 1. The van der Waals surface area contributed by atoms with Crippen molar-refractivity contribution in [1.29, 1.82) is 0 Å². The van der Waals surface area contributed by atoms with E-state index >= 15 is 0 Å². The van der Waals surface area contributed by atoms with Gasteiger partial charge in [-0.15, -0.1) is 0 Å². The number of hydrogen-bond donors (Lipinski definition) is 4. The molecule has 2 rings (SSSR count). The Morgan fingerprint density at radius 1 is 0.933 bits per heavy atom. The van der Waals surface area contributed by atoms with Gasteiger partial charge in [-0.05, 0) is 72.8 Å². The SMILES string of the molecule is CCCNC[C@]1(O)[C@H](C)O[C@@H](O[C@H]2[C@H](C)C[C@](C)(OC)C[C@@H](C)C(=O)[C@H](C)[C@@H](O)[C@](C)(O)[C@@H](CC)OC(=O)[C@@H]2C)C[C@@]1(C)OC. The van der Waals surface area contributed by atoms with Gasteiger partial charge in [-0.3, -0.25) is 9.59 Å². The number of carbonyl (C=O) groups is 2. The first kappa shape index (κ1) is 40.0. The minimum atomic E-state index is -1.88. The van der Waals surface area contributed by atoms with Crippen LogP contribution in [0, 0.1) is 23.7 Å². The number of nitrogens with one attached hydrogen (secondary N) is 1. The lowest BCUT2D eigenvalue weighted by Crippen LogP contribution is -2.70. The highest BCUT2D eigenvalue weighted by Gasteiger charge is 2.57. The quantitative estimate of drug-likeness (QED) is 0.216. The number of Topliss-reactive ketones (excluding diaryl/α,β-unsaturated/α-hetero) is 1. The second-order valence-corrected chi connectivity index (χ2v) is 14.5. The van der Waals surface area contributed by atoms with Crippen molar-refractivity contribution in [3.8, 4) is 0 Å². The molecule has 45 heavy (non-hydrogen) atoms. The zero-order valence-electron chi connectivity index (χ0n) is 29.8. The van der Waals surface area contributed by atoms with Crippen LogP contribution in [0.3, 0.4) is 0 Å². The zero-order valence-corrected chi connectivity index (χ0v) is 29.8. The number of esters is 1. The van der Waals surface area contributed by atoms with Crippen LogP contribution in [-0.4, -0.2) is 107 Å². The summed E-state index contributed by atoms with van der Waals surface area (Å²) in [7, 11) is 3.15. The van der Waals surface area contributed by atoms with E-state index in [1.165, 1.54) is 6.92 Å². The first-order valence-corrected chi connectivity index (χ1v) is 16.8. The van der Waals surface area contributed by atoms with Crippen molar-refractivity contribution in [3.05, 3.63) is 0 Å². The molecule has 0 radical (unpaired) electrons. The number of aliphatic hydroxyl groups excluding tert-OH is 1. The van der Waals surface area contributed by atoms with Crippen molar-refractivity contribution in [3.63, 3.8) is 0 Å². The van der Waals surface area contributed by atoms with Gasteiger partial charge in [-0.1, -0.05) is 34.6 Å². The van der Waals surface area contributed by atoms with E-state index in [0.29, 0.717) is 12.8 Å². The summed E-state index contributed by atoms with van der Waals surface area (Å²) in [5.74, 6) is -3.26. The Hall–Kier alpha value is -1.18. The molecule has 0 bridgehead atoms. The third kappa shape index (κ3) is 8.65. The van der Waals surface area contributed by atoms with Crippen LogP contribution >= 0.6 is 0 Å². The van der Waals surface area contributed by atoms with E-state index in [1.807, 2.05) is 20.8 Å². The largest absolute Gasteiger partial charge is 0.459 e. The Labute approximate surface area is 271 Å². The van der Waals surface area contributed by atoms with Gasteiger partial charge in [-0.25, -0.2) is 0 Å². The number of ketones is 1. The smallest absolute Gasteiger partial charge is 0.311 e. The normalized spacial score (nSPS) is 46.0. The zero-order chi connectivity index (χ0) is 34.5. The van der Waals surface area contributed by atoms with Gasteiger partial charge in [0.1, 0.15) is 28.7 Å². The standard InChI is InChI=1S/C34H63NO10/c1-13-15-35-19-34(40)24(7)43-26(18-32(34,9)42-12)45-28-21(4)17-31(8,41-11)16-20(3)27(36)22(5)29(37)33(10,39)25(14-2)44-30(38)23(28)6/h20-26,28-29,35,37,39-40H,13-19H2,1-12H3/t20-,21-,22+,23-,24+,25-,26+,28+,29-,31-,32-,33-,34+/m1/s1. The molecular weight excluding hydrogens is 582 g/mol. The van der Waals surface area contributed by atoms with Gasteiger partial charge in [0.25, 0.3) is 0 Å². The van der Waals surface area contributed by atoms with Gasteiger partial charge >= 0.3 is 5.97 Å². The Bertz CT molecular complexity index is 979. The van der Waals surface area contributed by atoms with E-state index in [0.717, 1.165) is 13.0 Å². The fourth-order valence-electron chi connectivity index (χ4n) is 7.45. The van der Waals surface area contributed by atoms with Crippen LogP contribution in [-0.2, 0) is 33.3 Å². The van der Waals surface area contributed by atoms with Crippen LogP contribution < -0.4 is 5.32 Å². The summed E-state index contributed by atoms with van der Waals surface area (Å²) in [5, 5.41) is 37.7. The van der Waals surface area contributed by atoms with Crippen molar-refractivity contribution in [2.45, 2.75) is 154 Å². The van der Waals surface area contributed by atoms with Crippen LogP contribution in [0.4, 0.5) is 0 Å². The average Bonchev–Trinajstić information content (AvgIpc) is 2.99. The van der Waals surface area contributed by atoms with Crippen molar-refractivity contribution in [2.75, 3.05) is 27.3 Å². The Kier molecular flexibility index (Phi) is 14.1. The van der Waals surface area contributed by atoms with E-state index in [-0.39, 0.29) is 31.1 Å². The Balaban J connectivity index is 2.51. The highest BCUT2D eigenvalue weighted by Crippen LogP contribution is 2.42. The van der Waals surface area contributed by atoms with Crippen LogP contribution in [0.1, 0.15) is 101 Å². The second kappa shape index (κ2) is 15.8. The number of aliphatic hydroxyl groups is 3. The Morgan fingerprint density at radius 3 is 2.09 bits per heavy atom. The van der Waals surface area contributed by atoms with Gasteiger partial charge in [-0.2, -0.15) is 0 Å². The van der Waals surface area contributed by atoms with Crippen molar-refractivity contribution in [2.24, 2.45) is 23.7 Å². The molecule has 0 aromatic heterocycles. The van der Waals surface area contributed by atoms with E-state index in [9.17, 15) is 24.9 Å². The van der Waals surface area contributed by atoms with Crippen LogP contribution in [0.2, 0.25) is 0 Å². The molecule has 11 heteroatoms. The topological polar surface area (TPSA) is 153 Å². The lowest BCUT2D eigenvalue weighted by atomic mass is 9.74. The summed E-state index contributed by atoms with van der Waals surface area (Å²) < 4.78 is 30.7. The molecule has 2 aliphatic rings. The van der Waals surface area contributed by atoms with Crippen molar-refractivity contribution >= 4 is 11.8 Å². The van der Waals surface area contributed by atoms with Gasteiger partial charge in [0, 0.05) is 39.0 Å². The first-order valence-electron chi connectivity index (χ1n) is 16.8. The molecule has 4 N–H and O–H groups in total. The average molecular weight is 646 g/mol. The highest BCUT2D eigenvalue weighted by molar-refractivity contribution is 5.83. The molecular formula is C34H63NO10. The molecule has 2 fully saturated rings. The van der Waals surface area contributed by atoms with E-state index in [1.54, 1.807) is 48.8 Å². The van der Waals surface area contributed by atoms with E-state index in [2.05, 4.69) is 12.2 Å². The first-order chi connectivity index (χ1) is 20.8. The number of hydrogen-bond acceptors (Lipinski definition) is 11. The van der Waals surface area contributed by atoms with Crippen LogP contribution in [0.15, 0.2) is 0 Å². The Morgan fingerprint density at radius 2 is 1.56 bits per heavy atom. The predicted octanol–water partition coefficient (Wildman–Crippen LogP) is 3.39. The van der Waals surface area contributed by atoms with Gasteiger partial charge in [0.15, 0.2) is 6.29 Å². The molecule has 11 nitrogen and oxygen atoms in total. The van der Waals surface area contributed by atoms with Gasteiger partial charge < -0.3 is 44.3 Å². The molecule has 0 spiro atoms. The molecule has 13 atom stereocenters. The molecule has 0 unspecified atom stereocenters. The molecule has 2 heterocycles. The maximum Gasteiger partial charge on any atom is 0.311 e. The monoisotopic (exact) mass is 645 g/mol. The summed E-state index contributed by atoms with van der Waals surface area (Å²) in [5.41, 5.74) is -5.02. The molecule has 0 amide bonds. The second-order valence-electron chi connectivity index (χ2n) is 14.5. The minimum Gasteiger partial charge on any atom is -0.459 e. The highest BCUT2D eigenvalue weighted by atomic mass is 16.7. The van der Waals surface area contributed by atoms with Crippen molar-refractivity contribution in [1.82, 2.24) is 5.32 Å². The summed E-state index contributed by atoms with van der Waals surface area (Å²) >= 11 is 0. The van der Waals surface area contributed by atoms with Gasteiger partial charge in [0.2, 0.25) is 0 Å². The molecule has 2 saturated heterocycles. The molecule has 0 aliphatic carbocycles. The van der Waals surface area contributed by atoms with E-state index < -0.39 is 76.8 Å². The number of carbonyl (C=O) groups excluding carboxylic acids is 2. The maximum atomic E-state index is 13.8. The molecule has 0 saturated carbocycles. The molecule has 2 aliphatic heterocycles. The lowest BCUT2D eigenvalue weighted by Gasteiger charge is -2.53. The summed E-state index contributed by atoms with van der Waals surface area (Å²) in [6, 6.07) is 0. The van der Waals surface area contributed by atoms with Crippen molar-refractivity contribution < 1.29 is 48.6 Å². The summed E-state index contributed by atoms with van der Waals surface area (Å²) in [6.07, 6.45) is -2.59. The fraction of sp³-hybridized carbons (Fsp3) is 0.941. The third-order valence-electron chi connectivity index (χ3n) is 10.8. The number of rotatable bonds is 9. The lowest BCUT2D eigenvalue weighted by molar-refractivity contribution is -0.328.